The van der Waals surface area contributed by atoms with Gasteiger partial charge in [0.05, 0.1) is 25.4 Å². The summed E-state index contributed by atoms with van der Waals surface area (Å²) < 4.78 is 5.45. The van der Waals surface area contributed by atoms with Crippen LogP contribution < -0.4 is 5.32 Å². The van der Waals surface area contributed by atoms with Crippen molar-refractivity contribution in [2.45, 2.75) is 283 Å². The fraction of sp³-hybridized carbons (Fsp3) is 0.852. The summed E-state index contributed by atoms with van der Waals surface area (Å²) >= 11 is 0. The Balaban J connectivity index is 3.55. The van der Waals surface area contributed by atoms with Gasteiger partial charge in [-0.15, -0.1) is 0 Å². The third kappa shape index (κ3) is 45.6. The topological polar surface area (TPSA) is 95.9 Å². The lowest BCUT2D eigenvalue weighted by Crippen LogP contribution is -2.45. The minimum Gasteiger partial charge on any atom is -0.466 e. The highest BCUT2D eigenvalue weighted by molar-refractivity contribution is 5.76. The van der Waals surface area contributed by atoms with Gasteiger partial charge in [-0.05, 0) is 77.0 Å². The van der Waals surface area contributed by atoms with Gasteiger partial charge in [0, 0.05) is 12.8 Å². The molecule has 0 aromatic rings. The molecule has 0 heterocycles. The van der Waals surface area contributed by atoms with Gasteiger partial charge >= 0.3 is 5.97 Å². The molecule has 0 fully saturated rings. The molecule has 0 bridgehead atoms. The number of carbonyl (C=O) groups is 2. The summed E-state index contributed by atoms with van der Waals surface area (Å²) in [4.78, 5) is 24.5. The SMILES string of the molecule is CCCCCCCC/C=C\CCCCCCCCCCCC(=O)OCCCCCC/C=C\CCCC(=O)NC(CO)C(O)/C=C/CCCCCCCCCCCCCCC. The number of ether oxygens (including phenoxy) is 1. The average Bonchev–Trinajstić information content (AvgIpc) is 3.25. The average molecular weight is 844 g/mol. The van der Waals surface area contributed by atoms with E-state index in [1.807, 2.05) is 6.08 Å². The van der Waals surface area contributed by atoms with Crippen molar-refractivity contribution in [2.24, 2.45) is 0 Å². The van der Waals surface area contributed by atoms with E-state index in [-0.39, 0.29) is 18.5 Å². The molecular formula is C54H101NO5. The molecule has 0 saturated carbocycles. The molecule has 0 spiro atoms. The summed E-state index contributed by atoms with van der Waals surface area (Å²) in [5.41, 5.74) is 0. The van der Waals surface area contributed by atoms with Crippen LogP contribution in [0.25, 0.3) is 0 Å². The number of aliphatic hydroxyl groups is 2. The highest BCUT2D eigenvalue weighted by Crippen LogP contribution is 2.15. The normalized spacial score (nSPS) is 12.9. The molecule has 0 aliphatic carbocycles. The van der Waals surface area contributed by atoms with E-state index >= 15 is 0 Å². The van der Waals surface area contributed by atoms with Crippen molar-refractivity contribution in [2.75, 3.05) is 13.2 Å². The number of aliphatic hydroxyl groups excluding tert-OH is 2. The molecule has 0 radical (unpaired) electrons. The van der Waals surface area contributed by atoms with Crippen LogP contribution in [0, 0.1) is 0 Å². The molecule has 0 rings (SSSR count). The van der Waals surface area contributed by atoms with Gasteiger partial charge in [-0.3, -0.25) is 9.59 Å². The van der Waals surface area contributed by atoms with Crippen LogP contribution in [-0.4, -0.2) is 47.4 Å². The number of nitrogens with one attached hydrogen (secondary N) is 1. The number of hydrogen-bond acceptors (Lipinski definition) is 5. The zero-order chi connectivity index (χ0) is 43.7. The summed E-state index contributed by atoms with van der Waals surface area (Å²) in [6.45, 7) is 4.80. The van der Waals surface area contributed by atoms with Crippen LogP contribution in [-0.2, 0) is 14.3 Å². The molecule has 3 N–H and O–H groups in total. The first-order chi connectivity index (χ1) is 29.5. The first-order valence-corrected chi connectivity index (χ1v) is 26.3. The highest BCUT2D eigenvalue weighted by Gasteiger charge is 2.17. The molecule has 60 heavy (non-hydrogen) atoms. The number of amides is 1. The van der Waals surface area contributed by atoms with Gasteiger partial charge in [0.1, 0.15) is 0 Å². The Bertz CT molecular complexity index is 977. The minimum absolute atomic E-state index is 0.0389. The van der Waals surface area contributed by atoms with E-state index in [1.54, 1.807) is 6.08 Å². The largest absolute Gasteiger partial charge is 0.466 e. The van der Waals surface area contributed by atoms with Gasteiger partial charge < -0.3 is 20.3 Å². The summed E-state index contributed by atoms with van der Waals surface area (Å²) in [5.74, 6) is -0.168. The molecule has 352 valence electrons. The Morgan fingerprint density at radius 3 is 1.22 bits per heavy atom. The summed E-state index contributed by atoms with van der Waals surface area (Å²) in [6, 6.07) is -0.665. The maximum Gasteiger partial charge on any atom is 0.305 e. The molecule has 6 nitrogen and oxygen atoms in total. The number of rotatable bonds is 48. The molecule has 0 aromatic heterocycles. The number of hydrogen-bond donors (Lipinski definition) is 3. The van der Waals surface area contributed by atoms with Gasteiger partial charge in [-0.1, -0.05) is 217 Å². The van der Waals surface area contributed by atoms with Crippen molar-refractivity contribution in [3.8, 4) is 0 Å². The van der Waals surface area contributed by atoms with Crippen molar-refractivity contribution in [1.29, 1.82) is 0 Å². The first kappa shape index (κ1) is 58.1. The van der Waals surface area contributed by atoms with Crippen LogP contribution in [0.5, 0.6) is 0 Å². The summed E-state index contributed by atoms with van der Waals surface area (Å²) in [5, 5.41) is 23.0. The molecule has 0 saturated heterocycles. The van der Waals surface area contributed by atoms with Gasteiger partial charge in [0.2, 0.25) is 5.91 Å². The zero-order valence-corrected chi connectivity index (χ0v) is 39.9. The molecule has 0 aliphatic heterocycles. The van der Waals surface area contributed by atoms with Gasteiger partial charge in [-0.25, -0.2) is 0 Å². The van der Waals surface area contributed by atoms with Gasteiger partial charge in [-0.2, -0.15) is 0 Å². The number of unbranched alkanes of at least 4 members (excludes halogenated alkanes) is 33. The fourth-order valence-electron chi connectivity index (χ4n) is 7.81. The molecular weight excluding hydrogens is 743 g/mol. The Labute approximate surface area is 373 Å². The lowest BCUT2D eigenvalue weighted by atomic mass is 10.0. The quantitative estimate of drug-likeness (QED) is 0.0322. The van der Waals surface area contributed by atoms with E-state index in [2.05, 4.69) is 43.5 Å². The lowest BCUT2D eigenvalue weighted by Gasteiger charge is -2.19. The second-order valence-electron chi connectivity index (χ2n) is 17.8. The third-order valence-electron chi connectivity index (χ3n) is 11.9. The molecule has 1 amide bonds. The van der Waals surface area contributed by atoms with Crippen LogP contribution in [0.3, 0.4) is 0 Å². The van der Waals surface area contributed by atoms with Crippen LogP contribution >= 0.6 is 0 Å². The molecule has 0 aromatic carbocycles. The third-order valence-corrected chi connectivity index (χ3v) is 11.9. The number of esters is 1. The maximum atomic E-state index is 12.4. The van der Waals surface area contributed by atoms with Crippen molar-refractivity contribution in [3.05, 3.63) is 36.5 Å². The lowest BCUT2D eigenvalue weighted by molar-refractivity contribution is -0.143. The standard InChI is InChI=1S/C54H101NO5/c1-3-5-7-9-11-13-15-17-19-20-21-22-24-26-28-32-36-40-44-48-54(59)60-49-45-41-37-33-29-31-35-39-43-47-53(58)55-51(50-56)52(57)46-42-38-34-30-27-25-23-18-16-14-12-10-8-6-4-2/h17,19,31,35,42,46,51-52,56-57H,3-16,18,20-30,32-34,36-41,43-45,47-50H2,1-2H3,(H,55,58)/b19-17-,35-31-,46-42+. The second kappa shape index (κ2) is 49.7. The van der Waals surface area contributed by atoms with Crippen molar-refractivity contribution < 1.29 is 24.5 Å². The van der Waals surface area contributed by atoms with E-state index < -0.39 is 12.1 Å². The van der Waals surface area contributed by atoms with Crippen molar-refractivity contribution >= 4 is 11.9 Å². The fourth-order valence-corrected chi connectivity index (χ4v) is 7.81. The van der Waals surface area contributed by atoms with Crippen molar-refractivity contribution in [3.63, 3.8) is 0 Å². The Kier molecular flexibility index (Phi) is 48.1. The molecule has 2 atom stereocenters. The Morgan fingerprint density at radius 1 is 0.450 bits per heavy atom. The van der Waals surface area contributed by atoms with Crippen LogP contribution in [0.4, 0.5) is 0 Å². The maximum absolute atomic E-state index is 12.4. The van der Waals surface area contributed by atoms with E-state index in [9.17, 15) is 19.8 Å². The highest BCUT2D eigenvalue weighted by atomic mass is 16.5. The van der Waals surface area contributed by atoms with Crippen molar-refractivity contribution in [1.82, 2.24) is 5.32 Å². The number of carbonyl (C=O) groups excluding carboxylic acids is 2. The van der Waals surface area contributed by atoms with E-state index in [0.717, 1.165) is 70.6 Å². The predicted octanol–water partition coefficient (Wildman–Crippen LogP) is 15.7. The van der Waals surface area contributed by atoms with Gasteiger partial charge in [0.25, 0.3) is 0 Å². The summed E-state index contributed by atoms with van der Waals surface area (Å²) in [6.07, 6.45) is 60.1. The molecule has 6 heteroatoms. The predicted molar refractivity (Wildman–Crippen MR) is 259 cm³/mol. The zero-order valence-electron chi connectivity index (χ0n) is 39.9. The number of allylic oxidation sites excluding steroid dienone is 5. The van der Waals surface area contributed by atoms with E-state index in [4.69, 9.17) is 4.74 Å². The van der Waals surface area contributed by atoms with Crippen LogP contribution in [0.1, 0.15) is 271 Å². The minimum atomic E-state index is -0.875. The Hall–Kier alpha value is -1.92. The first-order valence-electron chi connectivity index (χ1n) is 26.3. The van der Waals surface area contributed by atoms with E-state index in [0.29, 0.717) is 19.4 Å². The van der Waals surface area contributed by atoms with Crippen LogP contribution in [0.15, 0.2) is 36.5 Å². The molecule has 2 unspecified atom stereocenters. The Morgan fingerprint density at radius 2 is 0.800 bits per heavy atom. The molecule has 0 aliphatic rings. The summed E-state index contributed by atoms with van der Waals surface area (Å²) in [7, 11) is 0. The van der Waals surface area contributed by atoms with Gasteiger partial charge in [0.15, 0.2) is 0 Å². The monoisotopic (exact) mass is 844 g/mol. The smallest absolute Gasteiger partial charge is 0.305 e. The van der Waals surface area contributed by atoms with E-state index in [1.165, 1.54) is 173 Å². The van der Waals surface area contributed by atoms with Crippen LogP contribution in [0.2, 0.25) is 0 Å². The second-order valence-corrected chi connectivity index (χ2v) is 17.8.